The Morgan fingerprint density at radius 2 is 2.07 bits per heavy atom. The van der Waals surface area contributed by atoms with Crippen LogP contribution in [0, 0.1) is 0 Å². The molecule has 14 heteroatoms. The van der Waals surface area contributed by atoms with Crippen molar-refractivity contribution in [2.75, 3.05) is 6.61 Å². The summed E-state index contributed by atoms with van der Waals surface area (Å²) in [7, 11) is -4.65. The van der Waals surface area contributed by atoms with Crippen molar-refractivity contribution in [2.24, 2.45) is 0 Å². The predicted octanol–water partition coefficient (Wildman–Crippen LogP) is -1.32. The molecule has 1 aliphatic heterocycles. The number of aromatic hydroxyl groups is 1. The van der Waals surface area contributed by atoms with E-state index in [2.05, 4.69) is 14.8 Å². The molecule has 1 fully saturated rings. The summed E-state index contributed by atoms with van der Waals surface area (Å²) in [4.78, 5) is 57.7. The first-order valence-electron chi connectivity index (χ1n) is 7.50. The lowest BCUT2D eigenvalue weighted by Gasteiger charge is -2.45. The third-order valence-corrected chi connectivity index (χ3v) is 5.27. The summed E-state index contributed by atoms with van der Waals surface area (Å²) in [6.07, 6.45) is -0.416. The molecule has 1 aromatic heterocycles. The Hall–Kier alpha value is -2.89. The number of hydrogen-bond donors (Lipinski definition) is 6. The second-order valence-electron chi connectivity index (χ2n) is 5.60. The molecule has 0 bridgehead atoms. The van der Waals surface area contributed by atoms with Gasteiger partial charge in [0.25, 0.3) is 5.91 Å². The van der Waals surface area contributed by atoms with Crippen molar-refractivity contribution in [3.63, 3.8) is 0 Å². The van der Waals surface area contributed by atoms with Crippen molar-refractivity contribution in [1.82, 2.24) is 20.3 Å². The van der Waals surface area contributed by atoms with Crippen LogP contribution in [-0.2, 0) is 25.2 Å². The fraction of sp³-hybridized carbons (Fsp3) is 0.385. The number of carboxylic acid groups (broad SMARTS) is 1. The molecule has 1 aliphatic rings. The molecule has 2 heterocycles. The van der Waals surface area contributed by atoms with Crippen molar-refractivity contribution in [3.05, 3.63) is 28.2 Å². The van der Waals surface area contributed by atoms with E-state index in [0.717, 1.165) is 12.3 Å². The van der Waals surface area contributed by atoms with Gasteiger partial charge in [-0.2, -0.15) is 0 Å². The number of nitrogens with one attached hydrogen (secondary N) is 3. The minimum absolute atomic E-state index is 0.142. The Labute approximate surface area is 151 Å². The normalized spacial score (nSPS) is 21.1. The van der Waals surface area contributed by atoms with Crippen LogP contribution in [0.25, 0.3) is 0 Å². The standard InChI is InChI=1S/C13H17N4O9P/c1-6-11(16-13(22)23)12(21)17(6)27(24,25)26-5-10(20)15-3-7-2-8(18)9(19)4-14-7/h2,4,6,11,16,19H,3,5H2,1H3,(H,14,18)(H,15,20)(H,22,23)(H,24,25). The Balaban J connectivity index is 1.85. The molecule has 6 N–H and O–H groups in total. The van der Waals surface area contributed by atoms with Crippen molar-refractivity contribution in [3.8, 4) is 5.75 Å². The van der Waals surface area contributed by atoms with Crippen LogP contribution in [0.4, 0.5) is 4.79 Å². The number of nitrogens with zero attached hydrogens (tertiary/aromatic N) is 1. The maximum absolute atomic E-state index is 12.1. The fourth-order valence-electron chi connectivity index (χ4n) is 2.34. The number of pyridine rings is 1. The number of carbonyl (C=O) groups is 3. The van der Waals surface area contributed by atoms with Crippen molar-refractivity contribution >= 4 is 25.7 Å². The lowest BCUT2D eigenvalue weighted by atomic mass is 10.0. The molecule has 0 aromatic carbocycles. The summed E-state index contributed by atoms with van der Waals surface area (Å²) < 4.78 is 17.2. The van der Waals surface area contributed by atoms with Gasteiger partial charge in [-0.25, -0.2) is 14.0 Å². The monoisotopic (exact) mass is 404 g/mol. The molecular formula is C13H17N4O9P. The molecule has 0 aliphatic carbocycles. The zero-order valence-electron chi connectivity index (χ0n) is 13.9. The van der Waals surface area contributed by atoms with Crippen LogP contribution >= 0.6 is 7.75 Å². The molecule has 13 nitrogen and oxygen atoms in total. The third kappa shape index (κ3) is 4.64. The molecule has 148 valence electrons. The van der Waals surface area contributed by atoms with Gasteiger partial charge >= 0.3 is 13.8 Å². The van der Waals surface area contributed by atoms with Gasteiger partial charge in [-0.1, -0.05) is 0 Å². The van der Waals surface area contributed by atoms with Gasteiger partial charge in [0.1, 0.15) is 12.6 Å². The zero-order chi connectivity index (χ0) is 20.4. The summed E-state index contributed by atoms with van der Waals surface area (Å²) in [5, 5.41) is 21.9. The molecule has 3 unspecified atom stereocenters. The van der Waals surface area contributed by atoms with E-state index in [4.69, 9.17) is 10.2 Å². The second-order valence-corrected chi connectivity index (χ2v) is 7.27. The van der Waals surface area contributed by atoms with E-state index in [1.165, 1.54) is 6.92 Å². The molecule has 1 saturated heterocycles. The minimum Gasteiger partial charge on any atom is -0.503 e. The molecule has 3 amide bonds. The van der Waals surface area contributed by atoms with Crippen molar-refractivity contribution in [1.29, 1.82) is 0 Å². The molecule has 27 heavy (non-hydrogen) atoms. The largest absolute Gasteiger partial charge is 0.503 e. The van der Waals surface area contributed by atoms with Crippen LogP contribution in [0.3, 0.4) is 0 Å². The van der Waals surface area contributed by atoms with Crippen LogP contribution in [0.2, 0.25) is 0 Å². The van der Waals surface area contributed by atoms with Gasteiger partial charge in [-0.3, -0.25) is 18.9 Å². The van der Waals surface area contributed by atoms with Gasteiger partial charge in [-0.15, -0.1) is 0 Å². The molecule has 0 saturated carbocycles. The molecule has 0 radical (unpaired) electrons. The van der Waals surface area contributed by atoms with E-state index < -0.39 is 55.5 Å². The van der Waals surface area contributed by atoms with Crippen LogP contribution in [-0.4, -0.2) is 61.4 Å². The van der Waals surface area contributed by atoms with Gasteiger partial charge < -0.3 is 30.7 Å². The maximum atomic E-state index is 12.1. The summed E-state index contributed by atoms with van der Waals surface area (Å²) in [5.74, 6) is -2.24. The molecule has 3 atom stereocenters. The highest BCUT2D eigenvalue weighted by atomic mass is 31.2. The highest BCUT2D eigenvalue weighted by molar-refractivity contribution is 7.51. The number of carbonyl (C=O) groups excluding carboxylic acids is 2. The van der Waals surface area contributed by atoms with E-state index >= 15 is 0 Å². The average molecular weight is 404 g/mol. The van der Waals surface area contributed by atoms with Crippen molar-refractivity contribution < 1.29 is 38.6 Å². The number of amides is 3. The average Bonchev–Trinajstić information content (AvgIpc) is 2.59. The smallest absolute Gasteiger partial charge is 0.435 e. The maximum Gasteiger partial charge on any atom is 0.435 e. The van der Waals surface area contributed by atoms with Gasteiger partial charge in [0.2, 0.25) is 11.3 Å². The van der Waals surface area contributed by atoms with E-state index in [-0.39, 0.29) is 12.2 Å². The molecular weight excluding hydrogens is 387 g/mol. The van der Waals surface area contributed by atoms with E-state index in [0.29, 0.717) is 4.67 Å². The van der Waals surface area contributed by atoms with Crippen LogP contribution < -0.4 is 16.1 Å². The van der Waals surface area contributed by atoms with Gasteiger partial charge in [0.05, 0.1) is 12.6 Å². The lowest BCUT2D eigenvalue weighted by molar-refractivity contribution is -0.143. The zero-order valence-corrected chi connectivity index (χ0v) is 14.8. The number of β-lactam (4-membered cyclic amide) rings is 1. The van der Waals surface area contributed by atoms with E-state index in [1.807, 2.05) is 5.32 Å². The first-order valence-corrected chi connectivity index (χ1v) is 9.03. The topological polar surface area (TPSA) is 198 Å². The van der Waals surface area contributed by atoms with Crippen molar-refractivity contribution in [2.45, 2.75) is 25.6 Å². The highest BCUT2D eigenvalue weighted by Crippen LogP contribution is 2.52. The Bertz CT molecular complexity index is 870. The third-order valence-electron chi connectivity index (χ3n) is 3.70. The quantitative estimate of drug-likeness (QED) is 0.236. The van der Waals surface area contributed by atoms with E-state index in [1.54, 1.807) is 0 Å². The summed E-state index contributed by atoms with van der Waals surface area (Å²) >= 11 is 0. The van der Waals surface area contributed by atoms with Crippen LogP contribution in [0.5, 0.6) is 5.75 Å². The van der Waals surface area contributed by atoms with Gasteiger partial charge in [0, 0.05) is 18.0 Å². The van der Waals surface area contributed by atoms with E-state index in [9.17, 15) is 28.6 Å². The second kappa shape index (κ2) is 7.78. The van der Waals surface area contributed by atoms with Crippen LogP contribution in [0.15, 0.2) is 17.1 Å². The number of H-pyrrole nitrogens is 1. The Kier molecular flexibility index (Phi) is 5.88. The molecule has 0 spiro atoms. The minimum atomic E-state index is -4.65. The predicted molar refractivity (Wildman–Crippen MR) is 87.6 cm³/mol. The number of rotatable bonds is 7. The van der Waals surface area contributed by atoms with Gasteiger partial charge in [0.15, 0.2) is 5.75 Å². The molecule has 2 rings (SSSR count). The Morgan fingerprint density at radius 3 is 2.63 bits per heavy atom. The summed E-state index contributed by atoms with van der Waals surface area (Å²) in [5.41, 5.74) is -0.378. The number of hydrogen-bond acceptors (Lipinski definition) is 7. The van der Waals surface area contributed by atoms with Crippen LogP contribution in [0.1, 0.15) is 12.6 Å². The Morgan fingerprint density at radius 1 is 1.41 bits per heavy atom. The summed E-state index contributed by atoms with van der Waals surface area (Å²) in [6, 6.07) is -1.05. The fourth-order valence-corrected chi connectivity index (χ4v) is 3.71. The highest BCUT2D eigenvalue weighted by Gasteiger charge is 2.54. The van der Waals surface area contributed by atoms with Gasteiger partial charge in [-0.05, 0) is 6.92 Å². The first-order chi connectivity index (χ1) is 12.5. The number of aromatic nitrogens is 1. The lowest BCUT2D eigenvalue weighted by Crippen LogP contribution is -2.68. The summed E-state index contributed by atoms with van der Waals surface area (Å²) in [6.45, 7) is 0.343. The first kappa shape index (κ1) is 20.4. The SMILES string of the molecule is CC1C(NC(=O)O)C(=O)N1P(=O)(O)OCC(=O)NCc1cc(=O)c(O)c[nH]1. The number of aromatic amines is 1. The molecule has 1 aromatic rings.